The zero-order valence-electron chi connectivity index (χ0n) is 35.7. The predicted octanol–water partition coefficient (Wildman–Crippen LogP) is 18.3. The summed E-state index contributed by atoms with van der Waals surface area (Å²) in [5.41, 5.74) is 16.8. The summed E-state index contributed by atoms with van der Waals surface area (Å²) in [6, 6.07) is 91.3. The van der Waals surface area contributed by atoms with Crippen molar-refractivity contribution in [3.63, 3.8) is 0 Å². The van der Waals surface area contributed by atoms with Crippen molar-refractivity contribution >= 4 is 64.7 Å². The first kappa shape index (κ1) is 38.6. The van der Waals surface area contributed by atoms with Gasteiger partial charge in [0.15, 0.2) is 0 Å². The molecule has 0 amide bonds. The SMILES string of the molecule is C(=C(c1ccc2sc3ccc(-c4cc(-c5ccccc5)cc(-c5ccccc5)c4)cc3c2c1)c1cccc2ccccc12)c1cc(-c2ccccc2)cc(-c2cccc3ccccc23)c1. The molecule has 0 fully saturated rings. The van der Waals surface area contributed by atoms with Crippen LogP contribution in [0.25, 0.3) is 109 Å². The van der Waals surface area contributed by atoms with Gasteiger partial charge >= 0.3 is 0 Å². The molecule has 304 valence electrons. The molecule has 1 aromatic heterocycles. The second-order valence-corrected chi connectivity index (χ2v) is 18.0. The van der Waals surface area contributed by atoms with Crippen LogP contribution in [-0.2, 0) is 0 Å². The Labute approximate surface area is 383 Å². The summed E-state index contributed by atoms with van der Waals surface area (Å²) in [4.78, 5) is 0. The van der Waals surface area contributed by atoms with Crippen molar-refractivity contribution in [2.45, 2.75) is 0 Å². The molecule has 65 heavy (non-hydrogen) atoms. The topological polar surface area (TPSA) is 0 Å². The van der Waals surface area contributed by atoms with E-state index in [2.05, 4.69) is 255 Å². The fraction of sp³-hybridized carbons (Fsp3) is 0. The Morgan fingerprint density at radius 3 is 1.43 bits per heavy atom. The molecular formula is C64H42S. The summed E-state index contributed by atoms with van der Waals surface area (Å²) in [7, 11) is 0. The van der Waals surface area contributed by atoms with Crippen LogP contribution in [0.1, 0.15) is 16.7 Å². The first-order valence-electron chi connectivity index (χ1n) is 22.3. The van der Waals surface area contributed by atoms with Crippen LogP contribution < -0.4 is 0 Å². The molecule has 12 aromatic rings. The molecular weight excluding hydrogens is 801 g/mol. The molecule has 0 aliphatic heterocycles. The highest BCUT2D eigenvalue weighted by Gasteiger charge is 2.16. The predicted molar refractivity (Wildman–Crippen MR) is 281 cm³/mol. The molecule has 0 spiro atoms. The van der Waals surface area contributed by atoms with Gasteiger partial charge in [0.1, 0.15) is 0 Å². The second kappa shape index (κ2) is 16.5. The zero-order valence-corrected chi connectivity index (χ0v) is 36.5. The van der Waals surface area contributed by atoms with Crippen molar-refractivity contribution < 1.29 is 0 Å². The zero-order chi connectivity index (χ0) is 43.1. The fourth-order valence-corrected chi connectivity index (χ4v) is 10.7. The van der Waals surface area contributed by atoms with Gasteiger partial charge in [0, 0.05) is 20.2 Å². The van der Waals surface area contributed by atoms with Crippen LogP contribution in [0.4, 0.5) is 0 Å². The quantitative estimate of drug-likeness (QED) is 0.134. The Bertz CT molecular complexity index is 3680. The maximum absolute atomic E-state index is 2.44. The number of hydrogen-bond acceptors (Lipinski definition) is 1. The molecule has 12 rings (SSSR count). The van der Waals surface area contributed by atoms with Crippen LogP contribution in [0, 0.1) is 0 Å². The van der Waals surface area contributed by atoms with Gasteiger partial charge in [-0.05, 0) is 166 Å². The molecule has 11 aromatic carbocycles. The minimum absolute atomic E-state index is 1.15. The van der Waals surface area contributed by atoms with Gasteiger partial charge in [-0.2, -0.15) is 0 Å². The lowest BCUT2D eigenvalue weighted by molar-refractivity contribution is 1.57. The minimum atomic E-state index is 1.15. The van der Waals surface area contributed by atoms with E-state index in [1.165, 1.54) is 114 Å². The van der Waals surface area contributed by atoms with Crippen LogP contribution in [0.5, 0.6) is 0 Å². The van der Waals surface area contributed by atoms with Crippen molar-refractivity contribution in [1.29, 1.82) is 0 Å². The third kappa shape index (κ3) is 7.42. The Kier molecular flexibility index (Phi) is 9.82. The van der Waals surface area contributed by atoms with E-state index >= 15 is 0 Å². The number of rotatable bonds is 8. The van der Waals surface area contributed by atoms with Crippen LogP contribution in [0.2, 0.25) is 0 Å². The summed E-state index contributed by atoms with van der Waals surface area (Å²) < 4.78 is 2.57. The molecule has 0 radical (unpaired) electrons. The van der Waals surface area contributed by atoms with Crippen molar-refractivity contribution in [1.82, 2.24) is 0 Å². The van der Waals surface area contributed by atoms with Gasteiger partial charge in [-0.15, -0.1) is 11.3 Å². The first-order chi connectivity index (χ1) is 32.2. The molecule has 1 heteroatoms. The van der Waals surface area contributed by atoms with Gasteiger partial charge in [0.25, 0.3) is 0 Å². The molecule has 0 N–H and O–H groups in total. The molecule has 0 saturated heterocycles. The Hall–Kier alpha value is -8.10. The van der Waals surface area contributed by atoms with Crippen molar-refractivity contribution in [3.8, 4) is 55.6 Å². The van der Waals surface area contributed by atoms with Crippen molar-refractivity contribution in [3.05, 3.63) is 265 Å². The van der Waals surface area contributed by atoms with Crippen molar-refractivity contribution in [2.75, 3.05) is 0 Å². The summed E-state index contributed by atoms with van der Waals surface area (Å²) >= 11 is 1.87. The molecule has 0 aliphatic carbocycles. The molecule has 0 aliphatic rings. The van der Waals surface area contributed by atoms with E-state index < -0.39 is 0 Å². The maximum Gasteiger partial charge on any atom is 0.0355 e. The summed E-state index contributed by atoms with van der Waals surface area (Å²) in [6.45, 7) is 0. The highest BCUT2D eigenvalue weighted by molar-refractivity contribution is 7.25. The standard InChI is InChI=1S/C64H42S/c1-4-16-44(17-5-1)51-34-43(35-55(40-51)58-28-14-24-47-22-10-12-26-56(47)58)36-60(59-29-15-25-48-23-11-13-27-57(48)59)50-31-33-64-62(42-50)61-41-49(30-32-63(61)65-64)54-38-52(45-18-6-2-7-19-45)37-53(39-54)46-20-8-3-9-21-46/h1-42H. The van der Waals surface area contributed by atoms with E-state index in [0.29, 0.717) is 0 Å². The second-order valence-electron chi connectivity index (χ2n) is 16.9. The number of benzene rings is 11. The van der Waals surface area contributed by atoms with E-state index in [0.717, 1.165) is 5.56 Å². The van der Waals surface area contributed by atoms with Crippen molar-refractivity contribution in [2.24, 2.45) is 0 Å². The fourth-order valence-electron chi connectivity index (χ4n) is 9.62. The lowest BCUT2D eigenvalue weighted by Crippen LogP contribution is -1.92. The van der Waals surface area contributed by atoms with Gasteiger partial charge in [0.2, 0.25) is 0 Å². The molecule has 0 atom stereocenters. The third-order valence-corrected chi connectivity index (χ3v) is 14.0. The normalized spacial score (nSPS) is 11.8. The summed E-state index contributed by atoms with van der Waals surface area (Å²) in [5.74, 6) is 0. The van der Waals surface area contributed by atoms with Crippen LogP contribution in [0.3, 0.4) is 0 Å². The van der Waals surface area contributed by atoms with Crippen LogP contribution >= 0.6 is 11.3 Å². The molecule has 0 saturated carbocycles. The molecule has 1 heterocycles. The average Bonchev–Trinajstić information content (AvgIpc) is 3.75. The van der Waals surface area contributed by atoms with E-state index in [4.69, 9.17) is 0 Å². The Morgan fingerprint density at radius 2 is 0.769 bits per heavy atom. The van der Waals surface area contributed by atoms with Gasteiger partial charge in [-0.1, -0.05) is 188 Å². The highest BCUT2D eigenvalue weighted by atomic mass is 32.1. The summed E-state index contributed by atoms with van der Waals surface area (Å²) in [5, 5.41) is 7.50. The monoisotopic (exact) mass is 842 g/mol. The summed E-state index contributed by atoms with van der Waals surface area (Å²) in [6.07, 6.45) is 2.42. The number of hydrogen-bond donors (Lipinski definition) is 0. The van der Waals surface area contributed by atoms with Crippen LogP contribution in [0.15, 0.2) is 249 Å². The largest absolute Gasteiger partial charge is 0.135 e. The Morgan fingerprint density at radius 1 is 0.292 bits per heavy atom. The maximum atomic E-state index is 2.44. The number of fused-ring (bicyclic) bond motifs is 5. The van der Waals surface area contributed by atoms with Gasteiger partial charge in [-0.25, -0.2) is 0 Å². The van der Waals surface area contributed by atoms with E-state index in [9.17, 15) is 0 Å². The lowest BCUT2D eigenvalue weighted by atomic mass is 9.89. The average molecular weight is 843 g/mol. The smallest absolute Gasteiger partial charge is 0.0355 e. The van der Waals surface area contributed by atoms with E-state index in [1.807, 2.05) is 11.3 Å². The van der Waals surface area contributed by atoms with Gasteiger partial charge in [-0.3, -0.25) is 0 Å². The van der Waals surface area contributed by atoms with E-state index in [-0.39, 0.29) is 0 Å². The molecule has 0 nitrogen and oxygen atoms in total. The highest BCUT2D eigenvalue weighted by Crippen LogP contribution is 2.42. The van der Waals surface area contributed by atoms with Gasteiger partial charge in [0.05, 0.1) is 0 Å². The third-order valence-electron chi connectivity index (χ3n) is 12.8. The van der Waals surface area contributed by atoms with E-state index in [1.54, 1.807) is 0 Å². The molecule has 0 unspecified atom stereocenters. The number of thiophene rings is 1. The Balaban J connectivity index is 1.06. The first-order valence-corrected chi connectivity index (χ1v) is 23.1. The molecule has 0 bridgehead atoms. The minimum Gasteiger partial charge on any atom is -0.135 e. The lowest BCUT2D eigenvalue weighted by Gasteiger charge is -2.15. The van der Waals surface area contributed by atoms with Crippen LogP contribution in [-0.4, -0.2) is 0 Å². The van der Waals surface area contributed by atoms with Gasteiger partial charge < -0.3 is 0 Å².